The minimum atomic E-state index is -1.47. The second-order valence-electron chi connectivity index (χ2n) is 9.24. The van der Waals surface area contributed by atoms with Gasteiger partial charge in [0, 0.05) is 17.8 Å². The van der Waals surface area contributed by atoms with E-state index in [0.29, 0.717) is 12.8 Å². The van der Waals surface area contributed by atoms with Crippen LogP contribution in [0.15, 0.2) is 35.5 Å². The fourth-order valence-electron chi connectivity index (χ4n) is 6.28. The molecule has 0 unspecified atom stereocenters. The van der Waals surface area contributed by atoms with Crippen LogP contribution in [0.2, 0.25) is 0 Å². The SMILES string of the molecule is CC(=O)OCC(=O)[C@]1(O)CC[C@H]2[C@@H]3CCC4=CC(=O)C=C[C@@]4(C)C3=CC[C@@]21C. The highest BCUT2D eigenvalue weighted by molar-refractivity contribution is 6.01. The monoisotopic (exact) mass is 384 g/mol. The van der Waals surface area contributed by atoms with Gasteiger partial charge in [-0.3, -0.25) is 14.4 Å². The van der Waals surface area contributed by atoms with Crippen molar-refractivity contribution in [2.75, 3.05) is 6.61 Å². The molecule has 0 heterocycles. The Morgan fingerprint density at radius 1 is 1.29 bits per heavy atom. The van der Waals surface area contributed by atoms with Crippen molar-refractivity contribution in [2.45, 2.75) is 58.5 Å². The molecule has 28 heavy (non-hydrogen) atoms. The van der Waals surface area contributed by atoms with Crippen LogP contribution in [-0.2, 0) is 19.1 Å². The zero-order chi connectivity index (χ0) is 20.3. The van der Waals surface area contributed by atoms with Crippen molar-refractivity contribution < 1.29 is 24.2 Å². The van der Waals surface area contributed by atoms with Crippen LogP contribution in [0.3, 0.4) is 0 Å². The van der Waals surface area contributed by atoms with Gasteiger partial charge < -0.3 is 9.84 Å². The smallest absolute Gasteiger partial charge is 0.303 e. The van der Waals surface area contributed by atoms with Gasteiger partial charge in [-0.05, 0) is 63.0 Å². The second kappa shape index (κ2) is 6.24. The van der Waals surface area contributed by atoms with E-state index in [0.717, 1.165) is 19.3 Å². The average Bonchev–Trinajstić information content (AvgIpc) is 2.92. The predicted octanol–water partition coefficient (Wildman–Crippen LogP) is 3.08. The minimum Gasteiger partial charge on any atom is -0.458 e. The topological polar surface area (TPSA) is 80.7 Å². The molecule has 4 aliphatic rings. The summed E-state index contributed by atoms with van der Waals surface area (Å²) >= 11 is 0. The van der Waals surface area contributed by atoms with E-state index in [-0.39, 0.29) is 29.6 Å². The number of rotatable bonds is 3. The summed E-state index contributed by atoms with van der Waals surface area (Å²) in [6.45, 7) is 5.08. The molecule has 0 aromatic rings. The zero-order valence-corrected chi connectivity index (χ0v) is 16.8. The molecule has 0 aromatic carbocycles. The summed E-state index contributed by atoms with van der Waals surface area (Å²) in [5, 5.41) is 11.4. The van der Waals surface area contributed by atoms with Gasteiger partial charge in [-0.25, -0.2) is 0 Å². The van der Waals surface area contributed by atoms with E-state index in [1.54, 1.807) is 12.2 Å². The number of carbonyl (C=O) groups is 3. The summed E-state index contributed by atoms with van der Waals surface area (Å²) in [5.41, 5.74) is 0.230. The van der Waals surface area contributed by atoms with E-state index in [1.807, 2.05) is 13.0 Å². The van der Waals surface area contributed by atoms with Gasteiger partial charge in [0.25, 0.3) is 0 Å². The van der Waals surface area contributed by atoms with E-state index in [4.69, 9.17) is 4.74 Å². The van der Waals surface area contributed by atoms with Gasteiger partial charge in [-0.15, -0.1) is 0 Å². The average molecular weight is 384 g/mol. The molecule has 2 fully saturated rings. The maximum Gasteiger partial charge on any atom is 0.303 e. The lowest BCUT2D eigenvalue weighted by atomic mass is 9.51. The summed E-state index contributed by atoms with van der Waals surface area (Å²) in [6, 6.07) is 0. The molecule has 5 atom stereocenters. The van der Waals surface area contributed by atoms with Gasteiger partial charge >= 0.3 is 5.97 Å². The Labute approximate surface area is 165 Å². The molecule has 0 amide bonds. The molecule has 1 N–H and O–H groups in total. The van der Waals surface area contributed by atoms with Gasteiger partial charge in [0.15, 0.2) is 12.4 Å². The second-order valence-corrected chi connectivity index (χ2v) is 9.24. The number of hydrogen-bond acceptors (Lipinski definition) is 5. The lowest BCUT2D eigenvalue weighted by Crippen LogP contribution is -2.55. The largest absolute Gasteiger partial charge is 0.458 e. The highest BCUT2D eigenvalue weighted by Crippen LogP contribution is 2.65. The van der Waals surface area contributed by atoms with E-state index in [2.05, 4.69) is 13.0 Å². The van der Waals surface area contributed by atoms with Gasteiger partial charge in [0.1, 0.15) is 5.60 Å². The molecular formula is C23H28O5. The van der Waals surface area contributed by atoms with Crippen molar-refractivity contribution >= 4 is 17.5 Å². The molecule has 0 aliphatic heterocycles. The van der Waals surface area contributed by atoms with Crippen molar-refractivity contribution in [3.05, 3.63) is 35.5 Å². The molecule has 4 rings (SSSR count). The van der Waals surface area contributed by atoms with Crippen LogP contribution in [0.25, 0.3) is 0 Å². The fraction of sp³-hybridized carbons (Fsp3) is 0.609. The first-order chi connectivity index (χ1) is 13.1. The van der Waals surface area contributed by atoms with E-state index < -0.39 is 22.8 Å². The maximum absolute atomic E-state index is 12.8. The van der Waals surface area contributed by atoms with Crippen molar-refractivity contribution in [3.63, 3.8) is 0 Å². The van der Waals surface area contributed by atoms with E-state index in [1.165, 1.54) is 18.1 Å². The fourth-order valence-corrected chi connectivity index (χ4v) is 6.28. The molecule has 0 spiro atoms. The standard InChI is InChI=1S/C23H28O5/c1-14(24)28-13-20(26)23(27)11-8-19-17-5-4-15-12-16(25)6-9-21(15,2)18(17)7-10-22(19,23)3/h6-7,9,12,17,19,27H,4-5,8,10-11,13H2,1-3H3/t17-,19+,21-,22+,23-/m1/s1. The molecular weight excluding hydrogens is 356 g/mol. The summed E-state index contributed by atoms with van der Waals surface area (Å²) in [5.74, 6) is -0.369. The van der Waals surface area contributed by atoms with Crippen LogP contribution in [0.4, 0.5) is 0 Å². The quantitative estimate of drug-likeness (QED) is 0.597. The molecule has 0 aromatic heterocycles. The first kappa shape index (κ1) is 19.3. The van der Waals surface area contributed by atoms with Crippen LogP contribution in [0, 0.1) is 22.7 Å². The predicted molar refractivity (Wildman–Crippen MR) is 103 cm³/mol. The van der Waals surface area contributed by atoms with Crippen molar-refractivity contribution in [1.29, 1.82) is 0 Å². The first-order valence-corrected chi connectivity index (χ1v) is 10.2. The Balaban J connectivity index is 1.67. The lowest BCUT2D eigenvalue weighted by molar-refractivity contribution is -0.162. The van der Waals surface area contributed by atoms with Gasteiger partial charge in [-0.1, -0.05) is 30.2 Å². The maximum atomic E-state index is 12.8. The Morgan fingerprint density at radius 2 is 2.04 bits per heavy atom. The Bertz CT molecular complexity index is 849. The van der Waals surface area contributed by atoms with Gasteiger partial charge in [-0.2, -0.15) is 0 Å². The van der Waals surface area contributed by atoms with Crippen LogP contribution >= 0.6 is 0 Å². The summed E-state index contributed by atoms with van der Waals surface area (Å²) in [7, 11) is 0. The third-order valence-electron chi connectivity index (χ3n) is 7.97. The number of allylic oxidation sites excluding steroid dienone is 6. The summed E-state index contributed by atoms with van der Waals surface area (Å²) in [4.78, 5) is 35.8. The molecule has 4 aliphatic carbocycles. The van der Waals surface area contributed by atoms with E-state index >= 15 is 0 Å². The normalized spacial score (nSPS) is 41.4. The number of hydrogen-bond donors (Lipinski definition) is 1. The third-order valence-corrected chi connectivity index (χ3v) is 7.97. The Hall–Kier alpha value is -2.01. The van der Waals surface area contributed by atoms with Crippen LogP contribution < -0.4 is 0 Å². The molecule has 0 saturated heterocycles. The van der Waals surface area contributed by atoms with Crippen LogP contribution in [0.5, 0.6) is 0 Å². The molecule has 5 heteroatoms. The first-order valence-electron chi connectivity index (χ1n) is 10.2. The summed E-state index contributed by atoms with van der Waals surface area (Å²) in [6.07, 6.45) is 11.2. The van der Waals surface area contributed by atoms with Crippen molar-refractivity contribution in [2.24, 2.45) is 22.7 Å². The molecule has 5 nitrogen and oxygen atoms in total. The number of ketones is 2. The lowest BCUT2D eigenvalue weighted by Gasteiger charge is -2.53. The zero-order valence-electron chi connectivity index (χ0n) is 16.8. The number of fused-ring (bicyclic) bond motifs is 5. The van der Waals surface area contributed by atoms with Crippen molar-refractivity contribution in [1.82, 2.24) is 0 Å². The molecule has 2 saturated carbocycles. The molecule has 0 bridgehead atoms. The highest BCUT2D eigenvalue weighted by atomic mass is 16.5. The van der Waals surface area contributed by atoms with Crippen molar-refractivity contribution in [3.8, 4) is 0 Å². The number of ether oxygens (including phenoxy) is 1. The number of aliphatic hydroxyl groups is 1. The third kappa shape index (κ3) is 2.52. The molecule has 150 valence electrons. The number of Topliss-reactive ketones (excluding diaryl/α,β-unsaturated/α-hetero) is 1. The van der Waals surface area contributed by atoms with Crippen LogP contribution in [0.1, 0.15) is 52.9 Å². The van der Waals surface area contributed by atoms with Gasteiger partial charge in [0.2, 0.25) is 5.78 Å². The Kier molecular flexibility index (Phi) is 4.31. The highest BCUT2D eigenvalue weighted by Gasteiger charge is 2.64. The van der Waals surface area contributed by atoms with E-state index in [9.17, 15) is 19.5 Å². The molecule has 0 radical (unpaired) electrons. The number of esters is 1. The van der Waals surface area contributed by atoms with Crippen LogP contribution in [-0.4, -0.2) is 34.9 Å². The number of carbonyl (C=O) groups excluding carboxylic acids is 3. The van der Waals surface area contributed by atoms with Gasteiger partial charge in [0.05, 0.1) is 0 Å². The minimum absolute atomic E-state index is 0.0542. The summed E-state index contributed by atoms with van der Waals surface area (Å²) < 4.78 is 4.90. The Morgan fingerprint density at radius 3 is 2.75 bits per heavy atom.